The summed E-state index contributed by atoms with van der Waals surface area (Å²) in [5.74, 6) is 1.15. The summed E-state index contributed by atoms with van der Waals surface area (Å²) in [4.78, 5) is 4.12. The number of fused-ring (bicyclic) bond motifs is 1. The number of nitrogens with one attached hydrogen (secondary N) is 1. The van der Waals surface area contributed by atoms with E-state index in [1.807, 2.05) is 24.9 Å². The standard InChI is InChI=1S/C12H16N2OS/c1-13-10(5-6-16-2)9-3-4-11-12(7-9)15-8-14-11/h3-4,7-8,10,13H,5-6H2,1-2H3. The number of hydrogen-bond acceptors (Lipinski definition) is 4. The highest BCUT2D eigenvalue weighted by molar-refractivity contribution is 7.98. The monoisotopic (exact) mass is 236 g/mol. The molecular weight excluding hydrogens is 220 g/mol. The third kappa shape index (κ3) is 2.39. The van der Waals surface area contributed by atoms with Crippen LogP contribution in [0.25, 0.3) is 11.1 Å². The Hall–Kier alpha value is -1.00. The van der Waals surface area contributed by atoms with Crippen molar-refractivity contribution in [2.45, 2.75) is 12.5 Å². The molecule has 0 aliphatic carbocycles. The third-order valence-corrected chi connectivity index (χ3v) is 3.36. The minimum atomic E-state index is 0.391. The molecule has 0 fully saturated rings. The highest BCUT2D eigenvalue weighted by Crippen LogP contribution is 2.22. The maximum absolute atomic E-state index is 5.31. The quantitative estimate of drug-likeness (QED) is 0.866. The Bertz CT molecular complexity index is 455. The molecule has 0 saturated carbocycles. The van der Waals surface area contributed by atoms with Crippen molar-refractivity contribution in [3.63, 3.8) is 0 Å². The van der Waals surface area contributed by atoms with Crippen LogP contribution in [0.15, 0.2) is 29.0 Å². The summed E-state index contributed by atoms with van der Waals surface area (Å²) in [6.07, 6.45) is 4.74. The third-order valence-electron chi connectivity index (χ3n) is 2.72. The van der Waals surface area contributed by atoms with Crippen molar-refractivity contribution >= 4 is 22.9 Å². The van der Waals surface area contributed by atoms with E-state index in [0.717, 1.165) is 23.3 Å². The molecule has 0 aliphatic rings. The van der Waals surface area contributed by atoms with E-state index in [2.05, 4.69) is 28.7 Å². The van der Waals surface area contributed by atoms with Crippen LogP contribution in [-0.4, -0.2) is 24.0 Å². The smallest absolute Gasteiger partial charge is 0.181 e. The van der Waals surface area contributed by atoms with E-state index < -0.39 is 0 Å². The Morgan fingerprint density at radius 2 is 2.38 bits per heavy atom. The molecule has 1 unspecified atom stereocenters. The second-order valence-corrected chi connectivity index (χ2v) is 4.69. The predicted molar refractivity (Wildman–Crippen MR) is 68.8 cm³/mol. The number of oxazole rings is 1. The number of thioether (sulfide) groups is 1. The van der Waals surface area contributed by atoms with Crippen LogP contribution < -0.4 is 5.32 Å². The van der Waals surface area contributed by atoms with Crippen molar-refractivity contribution in [1.82, 2.24) is 10.3 Å². The van der Waals surface area contributed by atoms with Crippen LogP contribution in [0.2, 0.25) is 0 Å². The van der Waals surface area contributed by atoms with Crippen LogP contribution in [0.1, 0.15) is 18.0 Å². The van der Waals surface area contributed by atoms with Crippen molar-refractivity contribution in [1.29, 1.82) is 0 Å². The van der Waals surface area contributed by atoms with Crippen LogP contribution in [-0.2, 0) is 0 Å². The van der Waals surface area contributed by atoms with Crippen molar-refractivity contribution in [3.8, 4) is 0 Å². The minimum Gasteiger partial charge on any atom is -0.443 e. The van der Waals surface area contributed by atoms with Gasteiger partial charge in [-0.2, -0.15) is 11.8 Å². The molecule has 0 radical (unpaired) electrons. The lowest BCUT2D eigenvalue weighted by Gasteiger charge is -2.15. The first kappa shape index (κ1) is 11.5. The van der Waals surface area contributed by atoms with Gasteiger partial charge in [0.05, 0.1) is 0 Å². The topological polar surface area (TPSA) is 38.1 Å². The summed E-state index contributed by atoms with van der Waals surface area (Å²) in [6.45, 7) is 0. The van der Waals surface area contributed by atoms with Crippen LogP contribution >= 0.6 is 11.8 Å². The summed E-state index contributed by atoms with van der Waals surface area (Å²) >= 11 is 1.87. The normalized spacial score (nSPS) is 13.1. The van der Waals surface area contributed by atoms with Gasteiger partial charge < -0.3 is 9.73 Å². The molecule has 1 atom stereocenters. The summed E-state index contributed by atoms with van der Waals surface area (Å²) in [7, 11) is 2.00. The first-order valence-corrected chi connectivity index (χ1v) is 6.74. The van der Waals surface area contributed by atoms with Gasteiger partial charge in [0, 0.05) is 6.04 Å². The number of hydrogen-bond donors (Lipinski definition) is 1. The lowest BCUT2D eigenvalue weighted by Crippen LogP contribution is -2.16. The maximum atomic E-state index is 5.31. The molecule has 1 aromatic carbocycles. The second kappa shape index (κ2) is 5.37. The Kier molecular flexibility index (Phi) is 3.85. The molecule has 1 N–H and O–H groups in total. The van der Waals surface area contributed by atoms with Crippen LogP contribution in [0, 0.1) is 0 Å². The Morgan fingerprint density at radius 3 is 3.12 bits per heavy atom. The fraction of sp³-hybridized carbons (Fsp3) is 0.417. The van der Waals surface area contributed by atoms with Crippen LogP contribution in [0.4, 0.5) is 0 Å². The van der Waals surface area contributed by atoms with Gasteiger partial charge in [0.25, 0.3) is 0 Å². The van der Waals surface area contributed by atoms with Gasteiger partial charge in [-0.1, -0.05) is 6.07 Å². The Labute approximate surface area is 99.6 Å². The average Bonchev–Trinajstić information content (AvgIpc) is 2.77. The zero-order valence-corrected chi connectivity index (χ0v) is 10.4. The maximum Gasteiger partial charge on any atom is 0.181 e. The second-order valence-electron chi connectivity index (χ2n) is 3.70. The molecule has 0 bridgehead atoms. The van der Waals surface area contributed by atoms with Crippen LogP contribution in [0.3, 0.4) is 0 Å². The van der Waals surface area contributed by atoms with Gasteiger partial charge in [-0.25, -0.2) is 4.98 Å². The lowest BCUT2D eigenvalue weighted by molar-refractivity contribution is 0.575. The minimum absolute atomic E-state index is 0.391. The van der Waals surface area contributed by atoms with E-state index in [-0.39, 0.29) is 0 Å². The van der Waals surface area contributed by atoms with Crippen molar-refractivity contribution in [3.05, 3.63) is 30.2 Å². The van der Waals surface area contributed by atoms with E-state index in [4.69, 9.17) is 4.42 Å². The van der Waals surface area contributed by atoms with Crippen molar-refractivity contribution < 1.29 is 4.42 Å². The van der Waals surface area contributed by atoms with Crippen molar-refractivity contribution in [2.24, 2.45) is 0 Å². The van der Waals surface area contributed by atoms with Gasteiger partial charge in [-0.3, -0.25) is 0 Å². The highest BCUT2D eigenvalue weighted by atomic mass is 32.2. The lowest BCUT2D eigenvalue weighted by atomic mass is 10.0. The number of nitrogens with zero attached hydrogens (tertiary/aromatic N) is 1. The van der Waals surface area contributed by atoms with Gasteiger partial charge in [0.2, 0.25) is 0 Å². The molecule has 86 valence electrons. The Morgan fingerprint density at radius 1 is 1.50 bits per heavy atom. The fourth-order valence-corrected chi connectivity index (χ4v) is 2.27. The van der Waals surface area contributed by atoms with Gasteiger partial charge >= 0.3 is 0 Å². The van der Waals surface area contributed by atoms with E-state index >= 15 is 0 Å². The molecule has 0 amide bonds. The molecule has 16 heavy (non-hydrogen) atoms. The molecule has 1 heterocycles. The Balaban J connectivity index is 2.22. The van der Waals surface area contributed by atoms with Gasteiger partial charge in [-0.05, 0) is 43.2 Å². The molecule has 1 aromatic heterocycles. The zero-order chi connectivity index (χ0) is 11.4. The van der Waals surface area contributed by atoms with E-state index in [1.54, 1.807) is 0 Å². The number of benzene rings is 1. The summed E-state index contributed by atoms with van der Waals surface area (Å²) < 4.78 is 5.31. The molecular formula is C12H16N2OS. The predicted octanol–water partition coefficient (Wildman–Crippen LogP) is 2.84. The molecule has 3 nitrogen and oxygen atoms in total. The molecule has 0 saturated heterocycles. The van der Waals surface area contributed by atoms with Gasteiger partial charge in [0.1, 0.15) is 5.52 Å². The van der Waals surface area contributed by atoms with Crippen LogP contribution in [0.5, 0.6) is 0 Å². The van der Waals surface area contributed by atoms with E-state index in [0.29, 0.717) is 6.04 Å². The molecule has 4 heteroatoms. The molecule has 0 spiro atoms. The average molecular weight is 236 g/mol. The number of aromatic nitrogens is 1. The van der Waals surface area contributed by atoms with Gasteiger partial charge in [-0.15, -0.1) is 0 Å². The summed E-state index contributed by atoms with van der Waals surface area (Å²) in [5, 5.41) is 3.33. The van der Waals surface area contributed by atoms with Crippen molar-refractivity contribution in [2.75, 3.05) is 19.1 Å². The number of rotatable bonds is 5. The first-order chi connectivity index (χ1) is 7.85. The first-order valence-electron chi connectivity index (χ1n) is 5.34. The molecule has 0 aliphatic heterocycles. The van der Waals surface area contributed by atoms with Gasteiger partial charge in [0.15, 0.2) is 12.0 Å². The summed E-state index contributed by atoms with van der Waals surface area (Å²) in [5.41, 5.74) is 3.05. The fourth-order valence-electron chi connectivity index (χ4n) is 1.80. The van der Waals surface area contributed by atoms with E-state index in [9.17, 15) is 0 Å². The highest BCUT2D eigenvalue weighted by Gasteiger charge is 2.10. The summed E-state index contributed by atoms with van der Waals surface area (Å²) in [6, 6.07) is 6.59. The zero-order valence-electron chi connectivity index (χ0n) is 9.56. The largest absolute Gasteiger partial charge is 0.443 e. The molecule has 2 aromatic rings. The van der Waals surface area contributed by atoms with E-state index in [1.165, 1.54) is 12.0 Å². The SMILES string of the molecule is CNC(CCSC)c1ccc2ncoc2c1. The molecule has 2 rings (SSSR count).